The molecule has 1 fully saturated rings. The van der Waals surface area contributed by atoms with Gasteiger partial charge in [0.2, 0.25) is 0 Å². The first kappa shape index (κ1) is 11.0. The quantitative estimate of drug-likeness (QED) is 0.620. The van der Waals surface area contributed by atoms with E-state index in [0.29, 0.717) is 12.0 Å². The molecule has 1 aliphatic rings. The molecule has 0 aromatic carbocycles. The highest BCUT2D eigenvalue weighted by Gasteiger charge is 2.51. The van der Waals surface area contributed by atoms with Crippen LogP contribution in [0, 0.1) is 5.92 Å². The van der Waals surface area contributed by atoms with Gasteiger partial charge in [-0.25, -0.2) is 0 Å². The molecule has 0 radical (unpaired) electrons. The molecule has 0 aromatic rings. The van der Waals surface area contributed by atoms with E-state index in [0.717, 1.165) is 13.1 Å². The number of rotatable bonds is 4. The molecule has 1 aliphatic heterocycles. The molecule has 0 aromatic heterocycles. The highest BCUT2D eigenvalue weighted by molar-refractivity contribution is 4.97. The summed E-state index contributed by atoms with van der Waals surface area (Å²) in [4.78, 5) is 2.39. The van der Waals surface area contributed by atoms with Gasteiger partial charge in [-0.1, -0.05) is 13.8 Å². The summed E-state index contributed by atoms with van der Waals surface area (Å²) in [7, 11) is 3.43. The monoisotopic (exact) mass is 187 g/mol. The third-order valence-electron chi connectivity index (χ3n) is 2.90. The van der Waals surface area contributed by atoms with Crippen molar-refractivity contribution in [1.82, 2.24) is 4.90 Å². The molecule has 78 valence electrons. The molecule has 1 rings (SSSR count). The number of ether oxygens (including phenoxy) is 2. The van der Waals surface area contributed by atoms with E-state index in [1.807, 2.05) is 0 Å². The van der Waals surface area contributed by atoms with E-state index in [-0.39, 0.29) is 5.79 Å². The van der Waals surface area contributed by atoms with E-state index in [1.54, 1.807) is 14.2 Å². The van der Waals surface area contributed by atoms with E-state index < -0.39 is 0 Å². The summed E-state index contributed by atoms with van der Waals surface area (Å²) >= 11 is 0. The van der Waals surface area contributed by atoms with Crippen molar-refractivity contribution >= 4 is 0 Å². The fourth-order valence-corrected chi connectivity index (χ4v) is 1.96. The Bertz CT molecular complexity index is 166. The largest absolute Gasteiger partial charge is 0.351 e. The number of likely N-dealkylation sites (tertiary alicyclic amines) is 1. The molecule has 3 heteroatoms. The van der Waals surface area contributed by atoms with E-state index in [9.17, 15) is 0 Å². The van der Waals surface area contributed by atoms with Gasteiger partial charge in [0.05, 0.1) is 12.6 Å². The Kier molecular flexibility index (Phi) is 3.33. The first-order chi connectivity index (χ1) is 6.05. The normalized spacial score (nSPS) is 27.7. The van der Waals surface area contributed by atoms with E-state index in [4.69, 9.17) is 9.47 Å². The third-order valence-corrected chi connectivity index (χ3v) is 2.90. The maximum atomic E-state index is 5.38. The Hall–Kier alpha value is -0.120. The van der Waals surface area contributed by atoms with Crippen LogP contribution >= 0.6 is 0 Å². The average Bonchev–Trinajstić information content (AvgIpc) is 2.10. The molecule has 1 unspecified atom stereocenters. The summed E-state index contributed by atoms with van der Waals surface area (Å²) in [5.74, 6) is 0.351. The van der Waals surface area contributed by atoms with Crippen LogP contribution in [0.1, 0.15) is 20.8 Å². The van der Waals surface area contributed by atoms with Gasteiger partial charge in [0.1, 0.15) is 0 Å². The van der Waals surface area contributed by atoms with Crippen LogP contribution < -0.4 is 0 Å². The molecular weight excluding hydrogens is 166 g/mol. The first-order valence-electron chi connectivity index (χ1n) is 4.90. The second-order valence-electron chi connectivity index (χ2n) is 4.22. The van der Waals surface area contributed by atoms with Crippen LogP contribution in [0.3, 0.4) is 0 Å². The smallest absolute Gasteiger partial charge is 0.195 e. The van der Waals surface area contributed by atoms with E-state index in [2.05, 4.69) is 25.7 Å². The Balaban J connectivity index is 2.45. The number of hydrogen-bond acceptors (Lipinski definition) is 3. The Labute approximate surface area is 81.0 Å². The molecular formula is C10H21NO2. The van der Waals surface area contributed by atoms with Gasteiger partial charge in [-0.3, -0.25) is 4.90 Å². The zero-order valence-electron chi connectivity index (χ0n) is 9.33. The van der Waals surface area contributed by atoms with Crippen molar-refractivity contribution in [2.45, 2.75) is 32.6 Å². The van der Waals surface area contributed by atoms with Crippen LogP contribution in [0.2, 0.25) is 0 Å². The molecule has 0 saturated carbocycles. The second-order valence-corrected chi connectivity index (χ2v) is 4.22. The number of methoxy groups -OCH3 is 2. The summed E-state index contributed by atoms with van der Waals surface area (Å²) in [6.45, 7) is 8.62. The molecule has 0 bridgehead atoms. The van der Waals surface area contributed by atoms with Crippen molar-refractivity contribution in [3.63, 3.8) is 0 Å². The minimum atomic E-state index is -0.352. The van der Waals surface area contributed by atoms with Crippen molar-refractivity contribution in [3.8, 4) is 0 Å². The third kappa shape index (κ3) is 1.87. The van der Waals surface area contributed by atoms with Gasteiger partial charge in [-0.15, -0.1) is 0 Å². The lowest BCUT2D eigenvalue weighted by Crippen LogP contribution is -2.70. The highest BCUT2D eigenvalue weighted by Crippen LogP contribution is 2.33. The molecule has 1 heterocycles. The topological polar surface area (TPSA) is 21.7 Å². The molecule has 0 amide bonds. The van der Waals surface area contributed by atoms with Crippen LogP contribution in [-0.2, 0) is 9.47 Å². The van der Waals surface area contributed by atoms with Crippen LogP contribution in [-0.4, -0.2) is 44.0 Å². The van der Waals surface area contributed by atoms with Crippen molar-refractivity contribution in [3.05, 3.63) is 0 Å². The van der Waals surface area contributed by atoms with Crippen LogP contribution in [0.15, 0.2) is 0 Å². The van der Waals surface area contributed by atoms with Gasteiger partial charge < -0.3 is 9.47 Å². The molecule has 3 nitrogen and oxygen atoms in total. The summed E-state index contributed by atoms with van der Waals surface area (Å²) in [6, 6.07) is 0.366. The number of nitrogens with zero attached hydrogens (tertiary/aromatic N) is 1. The summed E-state index contributed by atoms with van der Waals surface area (Å²) in [5.41, 5.74) is 0. The molecule has 0 N–H and O–H groups in total. The zero-order chi connectivity index (χ0) is 10.1. The maximum absolute atomic E-state index is 5.38. The maximum Gasteiger partial charge on any atom is 0.195 e. The Morgan fingerprint density at radius 1 is 1.38 bits per heavy atom. The lowest BCUT2D eigenvalue weighted by atomic mass is 9.94. The molecule has 1 atom stereocenters. The van der Waals surface area contributed by atoms with Crippen molar-refractivity contribution in [1.29, 1.82) is 0 Å². The fraction of sp³-hybridized carbons (Fsp3) is 1.00. The van der Waals surface area contributed by atoms with Gasteiger partial charge in [0.15, 0.2) is 5.79 Å². The van der Waals surface area contributed by atoms with Gasteiger partial charge in [-0.2, -0.15) is 0 Å². The number of hydrogen-bond donors (Lipinski definition) is 0. The molecule has 13 heavy (non-hydrogen) atoms. The van der Waals surface area contributed by atoms with Crippen LogP contribution in [0.4, 0.5) is 0 Å². The van der Waals surface area contributed by atoms with E-state index in [1.165, 1.54) is 0 Å². The van der Waals surface area contributed by atoms with E-state index >= 15 is 0 Å². The van der Waals surface area contributed by atoms with Gasteiger partial charge in [0.25, 0.3) is 0 Å². The van der Waals surface area contributed by atoms with Crippen LogP contribution in [0.25, 0.3) is 0 Å². The minimum absolute atomic E-state index is 0.352. The van der Waals surface area contributed by atoms with Crippen molar-refractivity contribution in [2.24, 2.45) is 5.92 Å². The summed E-state index contributed by atoms with van der Waals surface area (Å²) < 4.78 is 10.8. The summed E-state index contributed by atoms with van der Waals surface area (Å²) in [6.07, 6.45) is 0. The van der Waals surface area contributed by atoms with Crippen molar-refractivity contribution in [2.75, 3.05) is 27.3 Å². The SMILES string of the molecule is COC1(OC)CN(CC(C)C)C1C. The summed E-state index contributed by atoms with van der Waals surface area (Å²) in [5, 5.41) is 0. The molecule has 0 aliphatic carbocycles. The van der Waals surface area contributed by atoms with Crippen molar-refractivity contribution < 1.29 is 9.47 Å². The van der Waals surface area contributed by atoms with Gasteiger partial charge >= 0.3 is 0 Å². The molecule has 1 saturated heterocycles. The Morgan fingerprint density at radius 2 is 1.92 bits per heavy atom. The fourth-order valence-electron chi connectivity index (χ4n) is 1.96. The highest BCUT2D eigenvalue weighted by atomic mass is 16.7. The predicted octanol–water partition coefficient (Wildman–Crippen LogP) is 1.34. The predicted molar refractivity (Wildman–Crippen MR) is 52.6 cm³/mol. The average molecular weight is 187 g/mol. The Morgan fingerprint density at radius 3 is 2.23 bits per heavy atom. The standard InChI is InChI=1S/C10H21NO2/c1-8(2)6-11-7-10(12-4,13-5)9(11)3/h8-9H,6-7H2,1-5H3. The lowest BCUT2D eigenvalue weighted by molar-refractivity contribution is -0.306. The van der Waals surface area contributed by atoms with Gasteiger partial charge in [0, 0.05) is 20.8 Å². The van der Waals surface area contributed by atoms with Gasteiger partial charge in [-0.05, 0) is 12.8 Å². The molecule has 0 spiro atoms. The first-order valence-corrected chi connectivity index (χ1v) is 4.90. The minimum Gasteiger partial charge on any atom is -0.351 e. The zero-order valence-corrected chi connectivity index (χ0v) is 9.33. The second kappa shape index (κ2) is 3.95. The lowest BCUT2D eigenvalue weighted by Gasteiger charge is -2.54. The van der Waals surface area contributed by atoms with Crippen LogP contribution in [0.5, 0.6) is 0 Å².